The Morgan fingerprint density at radius 1 is 1.36 bits per heavy atom. The number of alkyl halides is 3. The van der Waals surface area contributed by atoms with Crippen molar-refractivity contribution in [3.05, 3.63) is 0 Å². The lowest BCUT2D eigenvalue weighted by molar-refractivity contribution is -0.107. The maximum absolute atomic E-state index is 9.43. The van der Waals surface area contributed by atoms with Crippen LogP contribution in [0.1, 0.15) is 19.3 Å². The average molecular weight is 219 g/mol. The number of aliphatic hydroxyl groups is 1. The molecular weight excluding hydrogens is 210 g/mol. The van der Waals surface area contributed by atoms with Crippen molar-refractivity contribution in [1.29, 1.82) is 0 Å². The monoisotopic (exact) mass is 218 g/mol. The van der Waals surface area contributed by atoms with Crippen LogP contribution in [-0.2, 0) is 4.79 Å². The SMILES string of the molecule is O=CC(Cl)(Cl)Cl.OC1CCC1. The van der Waals surface area contributed by atoms with Crippen LogP contribution in [0.2, 0.25) is 0 Å². The van der Waals surface area contributed by atoms with Gasteiger partial charge in [-0.1, -0.05) is 34.8 Å². The molecule has 0 bridgehead atoms. The van der Waals surface area contributed by atoms with Crippen molar-refractivity contribution in [1.82, 2.24) is 0 Å². The van der Waals surface area contributed by atoms with Crippen molar-refractivity contribution < 1.29 is 9.90 Å². The van der Waals surface area contributed by atoms with Gasteiger partial charge in [0, 0.05) is 0 Å². The highest BCUT2D eigenvalue weighted by molar-refractivity contribution is 6.74. The summed E-state index contributed by atoms with van der Waals surface area (Å²) in [6.07, 6.45) is 3.62. The third-order valence-electron chi connectivity index (χ3n) is 1.21. The average Bonchev–Trinajstić information content (AvgIpc) is 1.84. The first-order valence-electron chi connectivity index (χ1n) is 3.17. The van der Waals surface area contributed by atoms with Crippen molar-refractivity contribution >= 4 is 41.1 Å². The van der Waals surface area contributed by atoms with Gasteiger partial charge in [-0.2, -0.15) is 0 Å². The van der Waals surface area contributed by atoms with Gasteiger partial charge in [0.2, 0.25) is 3.79 Å². The number of hydrogen-bond acceptors (Lipinski definition) is 2. The first-order chi connectivity index (χ1) is 4.95. The Labute approximate surface area is 80.4 Å². The minimum Gasteiger partial charge on any atom is -0.393 e. The van der Waals surface area contributed by atoms with Gasteiger partial charge in [0.15, 0.2) is 6.29 Å². The summed E-state index contributed by atoms with van der Waals surface area (Å²) in [4.78, 5) is 9.43. The Kier molecular flexibility index (Phi) is 5.44. The fourth-order valence-corrected chi connectivity index (χ4v) is 0.387. The molecule has 1 rings (SSSR count). The van der Waals surface area contributed by atoms with Crippen molar-refractivity contribution in [2.75, 3.05) is 0 Å². The maximum atomic E-state index is 9.43. The van der Waals surface area contributed by atoms with E-state index >= 15 is 0 Å². The molecule has 0 atom stereocenters. The standard InChI is InChI=1S/C4H8O.C2HCl3O/c5-4-2-1-3-4;3-2(4,5)1-6/h4-5H,1-3H2;1H. The molecule has 0 unspecified atom stereocenters. The number of rotatable bonds is 0. The molecule has 0 saturated heterocycles. The smallest absolute Gasteiger partial charge is 0.245 e. The first kappa shape index (κ1) is 11.5. The molecule has 0 aromatic rings. The zero-order chi connectivity index (χ0) is 8.91. The predicted octanol–water partition coefficient (Wildman–Crippen LogP) is 2.09. The van der Waals surface area contributed by atoms with Gasteiger partial charge in [-0.15, -0.1) is 0 Å². The van der Waals surface area contributed by atoms with Crippen LogP contribution in [-0.4, -0.2) is 21.3 Å². The molecule has 0 amide bonds. The molecule has 2 nitrogen and oxygen atoms in total. The van der Waals surface area contributed by atoms with Gasteiger partial charge in [0.1, 0.15) is 0 Å². The molecule has 11 heavy (non-hydrogen) atoms. The molecular formula is C6H9Cl3O2. The van der Waals surface area contributed by atoms with E-state index in [2.05, 4.69) is 0 Å². The Bertz CT molecular complexity index is 117. The normalized spacial score (nSPS) is 17.8. The molecule has 1 aliphatic carbocycles. The zero-order valence-corrected chi connectivity index (χ0v) is 8.03. The molecule has 66 valence electrons. The first-order valence-corrected chi connectivity index (χ1v) is 4.30. The summed E-state index contributed by atoms with van der Waals surface area (Å²) in [6.45, 7) is 0. The summed E-state index contributed by atoms with van der Waals surface area (Å²) < 4.78 is -1.72. The van der Waals surface area contributed by atoms with E-state index in [-0.39, 0.29) is 12.4 Å². The van der Waals surface area contributed by atoms with E-state index in [1.54, 1.807) is 0 Å². The van der Waals surface area contributed by atoms with Gasteiger partial charge < -0.3 is 5.11 Å². The summed E-state index contributed by atoms with van der Waals surface area (Å²) in [6, 6.07) is 0. The number of hydrogen-bond donors (Lipinski definition) is 1. The summed E-state index contributed by atoms with van der Waals surface area (Å²) >= 11 is 14.6. The van der Waals surface area contributed by atoms with Crippen LogP contribution in [0.15, 0.2) is 0 Å². The number of carbonyl (C=O) groups excluding carboxylic acids is 1. The van der Waals surface area contributed by atoms with E-state index in [1.165, 1.54) is 6.42 Å². The van der Waals surface area contributed by atoms with E-state index in [0.29, 0.717) is 0 Å². The number of halogens is 3. The minimum atomic E-state index is -1.72. The van der Waals surface area contributed by atoms with E-state index in [1.807, 2.05) is 0 Å². The van der Waals surface area contributed by atoms with Gasteiger partial charge in [-0.05, 0) is 19.3 Å². The highest BCUT2D eigenvalue weighted by Crippen LogP contribution is 2.21. The lowest BCUT2D eigenvalue weighted by Crippen LogP contribution is -2.15. The third-order valence-corrected chi connectivity index (χ3v) is 1.48. The van der Waals surface area contributed by atoms with E-state index < -0.39 is 3.79 Å². The van der Waals surface area contributed by atoms with Crippen LogP contribution in [0.5, 0.6) is 0 Å². The molecule has 1 aliphatic rings. The van der Waals surface area contributed by atoms with Gasteiger partial charge in [-0.3, -0.25) is 4.79 Å². The third kappa shape index (κ3) is 8.41. The second kappa shape index (κ2) is 5.20. The Morgan fingerprint density at radius 2 is 1.64 bits per heavy atom. The van der Waals surface area contributed by atoms with Crippen molar-refractivity contribution in [3.63, 3.8) is 0 Å². The van der Waals surface area contributed by atoms with Crippen LogP contribution in [0, 0.1) is 0 Å². The molecule has 0 radical (unpaired) electrons. The molecule has 1 N–H and O–H groups in total. The summed E-state index contributed by atoms with van der Waals surface area (Å²) in [5.74, 6) is 0. The van der Waals surface area contributed by atoms with Crippen LogP contribution in [0.3, 0.4) is 0 Å². The fraction of sp³-hybridized carbons (Fsp3) is 0.833. The molecule has 0 aliphatic heterocycles. The Morgan fingerprint density at radius 3 is 1.64 bits per heavy atom. The predicted molar refractivity (Wildman–Crippen MR) is 46.2 cm³/mol. The van der Waals surface area contributed by atoms with Gasteiger partial charge in [-0.25, -0.2) is 0 Å². The topological polar surface area (TPSA) is 37.3 Å². The van der Waals surface area contributed by atoms with Gasteiger partial charge in [0.05, 0.1) is 6.10 Å². The second-order valence-electron chi connectivity index (χ2n) is 2.24. The molecule has 0 heterocycles. The summed E-state index contributed by atoms with van der Waals surface area (Å²) in [5.41, 5.74) is 0. The van der Waals surface area contributed by atoms with Crippen molar-refractivity contribution in [2.45, 2.75) is 29.2 Å². The maximum Gasteiger partial charge on any atom is 0.245 e. The quantitative estimate of drug-likeness (QED) is 0.500. The highest BCUT2D eigenvalue weighted by Gasteiger charge is 2.16. The fourth-order valence-electron chi connectivity index (χ4n) is 0.387. The molecule has 0 aromatic heterocycles. The Hall–Kier alpha value is 0.500. The van der Waals surface area contributed by atoms with Crippen molar-refractivity contribution in [2.24, 2.45) is 0 Å². The molecule has 1 fully saturated rings. The molecule has 0 spiro atoms. The largest absolute Gasteiger partial charge is 0.393 e. The Balaban J connectivity index is 0.000000183. The lowest BCUT2D eigenvalue weighted by atomic mass is 9.97. The number of aldehydes is 1. The van der Waals surface area contributed by atoms with Crippen LogP contribution in [0.25, 0.3) is 0 Å². The van der Waals surface area contributed by atoms with Gasteiger partial charge in [0.25, 0.3) is 0 Å². The summed E-state index contributed by atoms with van der Waals surface area (Å²) in [5, 5.41) is 8.45. The molecule has 1 saturated carbocycles. The van der Waals surface area contributed by atoms with Crippen LogP contribution in [0.4, 0.5) is 0 Å². The highest BCUT2D eigenvalue weighted by atomic mass is 35.6. The van der Waals surface area contributed by atoms with E-state index in [4.69, 9.17) is 39.9 Å². The van der Waals surface area contributed by atoms with Crippen LogP contribution >= 0.6 is 34.8 Å². The van der Waals surface area contributed by atoms with Crippen molar-refractivity contribution in [3.8, 4) is 0 Å². The van der Waals surface area contributed by atoms with E-state index in [0.717, 1.165) is 12.8 Å². The summed E-state index contributed by atoms with van der Waals surface area (Å²) in [7, 11) is 0. The second-order valence-corrected chi connectivity index (χ2v) is 4.61. The zero-order valence-electron chi connectivity index (χ0n) is 5.77. The van der Waals surface area contributed by atoms with Gasteiger partial charge >= 0.3 is 0 Å². The lowest BCUT2D eigenvalue weighted by Gasteiger charge is -2.17. The van der Waals surface area contributed by atoms with E-state index in [9.17, 15) is 4.79 Å². The number of aliphatic hydroxyl groups excluding tert-OH is 1. The molecule has 5 heteroatoms. The van der Waals surface area contributed by atoms with Crippen LogP contribution < -0.4 is 0 Å². The number of carbonyl (C=O) groups is 1. The molecule has 0 aromatic carbocycles. The minimum absolute atomic E-state index is 0.0648.